The molecule has 2 aromatic carbocycles. The number of hydrogen-bond donors (Lipinski definition) is 1. The number of amides is 1. The van der Waals surface area contributed by atoms with Crippen LogP contribution in [-0.4, -0.2) is 31.0 Å². The Balaban J connectivity index is 1.52. The number of benzene rings is 2. The van der Waals surface area contributed by atoms with Crippen molar-refractivity contribution in [1.29, 1.82) is 0 Å². The van der Waals surface area contributed by atoms with Gasteiger partial charge in [0, 0.05) is 31.4 Å². The van der Waals surface area contributed by atoms with Gasteiger partial charge in [0.05, 0.1) is 0 Å². The van der Waals surface area contributed by atoms with E-state index in [2.05, 4.69) is 27.3 Å². The van der Waals surface area contributed by atoms with Gasteiger partial charge in [-0.1, -0.05) is 48.5 Å². The summed E-state index contributed by atoms with van der Waals surface area (Å²) in [6.45, 7) is 1.44. The molecule has 0 unspecified atom stereocenters. The first-order valence-corrected chi connectivity index (χ1v) is 8.29. The highest BCUT2D eigenvalue weighted by Gasteiger charge is 2.17. The molecule has 25 heavy (non-hydrogen) atoms. The first-order chi connectivity index (χ1) is 12.3. The van der Waals surface area contributed by atoms with Crippen molar-refractivity contribution in [3.05, 3.63) is 72.8 Å². The van der Waals surface area contributed by atoms with Crippen LogP contribution >= 0.6 is 0 Å². The van der Waals surface area contributed by atoms with Crippen LogP contribution in [0.15, 0.2) is 71.5 Å². The lowest BCUT2D eigenvalue weighted by Crippen LogP contribution is -2.28. The number of carbonyl (C=O) groups is 1. The zero-order valence-electron chi connectivity index (χ0n) is 14.2. The summed E-state index contributed by atoms with van der Waals surface area (Å²) in [5.74, 6) is 0.287. The molecular weight excluding hydrogens is 314 g/mol. The van der Waals surface area contributed by atoms with Gasteiger partial charge in [-0.25, -0.2) is 4.98 Å². The van der Waals surface area contributed by atoms with Crippen molar-refractivity contribution in [1.82, 2.24) is 10.3 Å². The van der Waals surface area contributed by atoms with E-state index in [1.165, 1.54) is 6.39 Å². The molecule has 128 valence electrons. The van der Waals surface area contributed by atoms with E-state index in [4.69, 9.17) is 4.42 Å². The van der Waals surface area contributed by atoms with E-state index in [1.54, 1.807) is 0 Å². The van der Waals surface area contributed by atoms with Crippen LogP contribution in [-0.2, 0) is 0 Å². The number of carbonyl (C=O) groups excluding carboxylic acids is 1. The van der Waals surface area contributed by atoms with Crippen LogP contribution in [0.3, 0.4) is 0 Å². The smallest absolute Gasteiger partial charge is 0.273 e. The Bertz CT molecular complexity index is 800. The molecule has 5 heteroatoms. The number of anilines is 1. The molecule has 3 rings (SSSR count). The molecule has 0 aliphatic heterocycles. The predicted molar refractivity (Wildman–Crippen MR) is 98.6 cm³/mol. The Labute approximate surface area is 147 Å². The maximum absolute atomic E-state index is 12.4. The van der Waals surface area contributed by atoms with Crippen molar-refractivity contribution < 1.29 is 9.21 Å². The molecule has 0 saturated heterocycles. The number of rotatable bonds is 7. The largest absolute Gasteiger partial charge is 0.443 e. The molecule has 3 aromatic rings. The fourth-order valence-electron chi connectivity index (χ4n) is 2.62. The molecule has 0 atom stereocenters. The van der Waals surface area contributed by atoms with Crippen LogP contribution < -0.4 is 10.2 Å². The Morgan fingerprint density at radius 3 is 2.48 bits per heavy atom. The summed E-state index contributed by atoms with van der Waals surface area (Å²) in [5.41, 5.74) is 2.33. The van der Waals surface area contributed by atoms with Crippen molar-refractivity contribution in [2.24, 2.45) is 0 Å². The number of nitrogens with one attached hydrogen (secondary N) is 1. The molecule has 0 radical (unpaired) electrons. The average molecular weight is 335 g/mol. The maximum atomic E-state index is 12.4. The first kappa shape index (κ1) is 16.8. The highest BCUT2D eigenvalue weighted by molar-refractivity contribution is 5.97. The van der Waals surface area contributed by atoms with Gasteiger partial charge < -0.3 is 14.6 Å². The first-order valence-electron chi connectivity index (χ1n) is 8.29. The van der Waals surface area contributed by atoms with Crippen LogP contribution in [0.25, 0.3) is 11.3 Å². The summed E-state index contributed by atoms with van der Waals surface area (Å²) in [7, 11) is 2.04. The van der Waals surface area contributed by atoms with Crippen molar-refractivity contribution >= 4 is 11.6 Å². The third-order valence-electron chi connectivity index (χ3n) is 3.97. The highest BCUT2D eigenvalue weighted by Crippen LogP contribution is 2.22. The van der Waals surface area contributed by atoms with Crippen LogP contribution in [0.2, 0.25) is 0 Å². The third-order valence-corrected chi connectivity index (χ3v) is 3.97. The molecule has 0 fully saturated rings. The number of nitrogens with zero attached hydrogens (tertiary/aromatic N) is 2. The minimum absolute atomic E-state index is 0.213. The molecule has 1 N–H and O–H groups in total. The lowest BCUT2D eigenvalue weighted by Gasteiger charge is -2.19. The van der Waals surface area contributed by atoms with Crippen LogP contribution in [0.5, 0.6) is 0 Å². The zero-order valence-corrected chi connectivity index (χ0v) is 14.2. The number of hydrogen-bond acceptors (Lipinski definition) is 4. The molecular formula is C20H21N3O2. The van der Waals surface area contributed by atoms with Gasteiger partial charge in [0.2, 0.25) is 0 Å². The second kappa shape index (κ2) is 8.15. The summed E-state index contributed by atoms with van der Waals surface area (Å²) in [6.07, 6.45) is 2.15. The fourth-order valence-corrected chi connectivity index (χ4v) is 2.62. The van der Waals surface area contributed by atoms with Gasteiger partial charge in [-0.2, -0.15) is 0 Å². The topological polar surface area (TPSA) is 58.4 Å². The van der Waals surface area contributed by atoms with E-state index in [9.17, 15) is 4.79 Å². The second-order valence-electron chi connectivity index (χ2n) is 5.76. The monoisotopic (exact) mass is 335 g/mol. The minimum atomic E-state index is -0.213. The molecule has 5 nitrogen and oxygen atoms in total. The van der Waals surface area contributed by atoms with Gasteiger partial charge in [-0.15, -0.1) is 0 Å². The van der Waals surface area contributed by atoms with Crippen LogP contribution in [0.1, 0.15) is 16.9 Å². The molecule has 0 spiro atoms. The maximum Gasteiger partial charge on any atom is 0.273 e. The molecule has 0 saturated carbocycles. The second-order valence-corrected chi connectivity index (χ2v) is 5.76. The van der Waals surface area contributed by atoms with Gasteiger partial charge in [-0.3, -0.25) is 4.79 Å². The SMILES string of the molecule is CN(CCCNC(=O)c1ncoc1-c1ccccc1)c1ccccc1. The molecule has 1 aromatic heterocycles. The van der Waals surface area contributed by atoms with Crippen LogP contribution in [0, 0.1) is 0 Å². The summed E-state index contributed by atoms with van der Waals surface area (Å²) in [5, 5.41) is 2.91. The standard InChI is InChI=1S/C20H21N3O2/c1-23(17-11-6-3-7-12-17)14-8-13-21-20(24)18-19(25-15-22-18)16-9-4-2-5-10-16/h2-7,9-12,15H,8,13-14H2,1H3,(H,21,24). The van der Waals surface area contributed by atoms with E-state index in [1.807, 2.05) is 55.6 Å². The Kier molecular flexibility index (Phi) is 5.46. The third kappa shape index (κ3) is 4.26. The zero-order chi connectivity index (χ0) is 17.5. The molecule has 1 amide bonds. The van der Waals surface area contributed by atoms with E-state index >= 15 is 0 Å². The lowest BCUT2D eigenvalue weighted by atomic mass is 10.1. The summed E-state index contributed by atoms with van der Waals surface area (Å²) in [6, 6.07) is 19.7. The summed E-state index contributed by atoms with van der Waals surface area (Å²) in [4.78, 5) is 18.6. The van der Waals surface area contributed by atoms with Gasteiger partial charge in [0.1, 0.15) is 0 Å². The minimum Gasteiger partial charge on any atom is -0.443 e. The number of aromatic nitrogens is 1. The van der Waals surface area contributed by atoms with E-state index in [-0.39, 0.29) is 5.91 Å². The Morgan fingerprint density at radius 1 is 1.08 bits per heavy atom. The normalized spacial score (nSPS) is 10.4. The Morgan fingerprint density at radius 2 is 1.76 bits per heavy atom. The number of oxazole rings is 1. The molecule has 0 bridgehead atoms. The Hall–Kier alpha value is -3.08. The predicted octanol–water partition coefficient (Wildman–Crippen LogP) is 3.60. The van der Waals surface area contributed by atoms with Gasteiger partial charge in [0.15, 0.2) is 17.8 Å². The van der Waals surface area contributed by atoms with Crippen molar-refractivity contribution in [3.8, 4) is 11.3 Å². The number of para-hydroxylation sites is 1. The summed E-state index contributed by atoms with van der Waals surface area (Å²) >= 11 is 0. The van der Waals surface area contributed by atoms with Crippen molar-refractivity contribution in [2.45, 2.75) is 6.42 Å². The van der Waals surface area contributed by atoms with Crippen molar-refractivity contribution in [2.75, 3.05) is 25.0 Å². The van der Waals surface area contributed by atoms with Gasteiger partial charge >= 0.3 is 0 Å². The van der Waals surface area contributed by atoms with Gasteiger partial charge in [0.25, 0.3) is 5.91 Å². The summed E-state index contributed by atoms with van der Waals surface area (Å²) < 4.78 is 5.39. The molecule has 1 heterocycles. The van der Waals surface area contributed by atoms with E-state index < -0.39 is 0 Å². The van der Waals surface area contributed by atoms with E-state index in [0.29, 0.717) is 18.0 Å². The fraction of sp³-hybridized carbons (Fsp3) is 0.200. The average Bonchev–Trinajstić information content (AvgIpc) is 3.16. The van der Waals surface area contributed by atoms with Gasteiger partial charge in [-0.05, 0) is 18.6 Å². The van der Waals surface area contributed by atoms with Crippen molar-refractivity contribution in [3.63, 3.8) is 0 Å². The molecule has 0 aliphatic rings. The van der Waals surface area contributed by atoms with E-state index in [0.717, 1.165) is 24.2 Å². The lowest BCUT2D eigenvalue weighted by molar-refractivity contribution is 0.0949. The molecule has 0 aliphatic carbocycles. The quantitative estimate of drug-likeness (QED) is 0.670. The highest BCUT2D eigenvalue weighted by atomic mass is 16.3. The van der Waals surface area contributed by atoms with Crippen LogP contribution in [0.4, 0.5) is 5.69 Å².